The predicted molar refractivity (Wildman–Crippen MR) is 72.0 cm³/mol. The van der Waals surface area contributed by atoms with Gasteiger partial charge in [0, 0.05) is 41.0 Å². The first-order valence-electron chi connectivity index (χ1n) is 5.50. The Morgan fingerprint density at radius 1 is 1.60 bits per heavy atom. The lowest BCUT2D eigenvalue weighted by Crippen LogP contribution is -2.23. The minimum atomic E-state index is -1.58. The van der Waals surface area contributed by atoms with Crippen LogP contribution in [-0.4, -0.2) is 38.3 Å². The van der Waals surface area contributed by atoms with Gasteiger partial charge in [0.05, 0.1) is 4.92 Å². The van der Waals surface area contributed by atoms with E-state index in [0.29, 0.717) is 6.07 Å². The number of carbonyl (C=O) groups is 1. The molecule has 0 fully saturated rings. The number of nitrogens with zero attached hydrogens (tertiary/aromatic N) is 1. The second-order valence-corrected chi connectivity index (χ2v) is 5.68. The van der Waals surface area contributed by atoms with Gasteiger partial charge in [0.15, 0.2) is 0 Å². The number of carboxylic acids is 1. The van der Waals surface area contributed by atoms with Gasteiger partial charge in [0.1, 0.15) is 17.1 Å². The summed E-state index contributed by atoms with van der Waals surface area (Å²) in [6.07, 6.45) is 1.47. The van der Waals surface area contributed by atoms with Crippen LogP contribution in [0.15, 0.2) is 12.1 Å². The Labute approximate surface area is 116 Å². The van der Waals surface area contributed by atoms with Crippen LogP contribution in [0.25, 0.3) is 0 Å². The topological polar surface area (TPSA) is 110 Å². The maximum Gasteiger partial charge on any atom is 0.338 e. The predicted octanol–water partition coefficient (Wildman–Crippen LogP) is 1.61. The molecule has 0 radical (unpaired) electrons. The second-order valence-electron chi connectivity index (χ2n) is 4.20. The number of hydrogen-bond acceptors (Lipinski definition) is 5. The molecule has 0 aliphatic rings. The van der Waals surface area contributed by atoms with E-state index in [-0.39, 0.29) is 11.4 Å². The molecule has 7 nitrogen and oxygen atoms in total. The smallest absolute Gasteiger partial charge is 0.338 e. The van der Waals surface area contributed by atoms with Crippen molar-refractivity contribution in [3.8, 4) is 0 Å². The number of nitro groups is 1. The number of nitro benzene ring substituents is 1. The number of benzene rings is 1. The lowest BCUT2D eigenvalue weighted by atomic mass is 10.1. The van der Waals surface area contributed by atoms with Crippen LogP contribution in [0.5, 0.6) is 0 Å². The van der Waals surface area contributed by atoms with Crippen LogP contribution in [0, 0.1) is 15.9 Å². The normalized spacial score (nSPS) is 13.6. The Hall–Kier alpha value is -2.03. The monoisotopic (exact) mass is 304 g/mol. The van der Waals surface area contributed by atoms with Gasteiger partial charge >= 0.3 is 5.97 Å². The molecular formula is C11H13FN2O5S. The summed E-state index contributed by atoms with van der Waals surface area (Å²) in [5.74, 6) is -2.44. The highest BCUT2D eigenvalue weighted by Gasteiger charge is 2.22. The third-order valence-electron chi connectivity index (χ3n) is 2.40. The quantitative estimate of drug-likeness (QED) is 0.610. The molecule has 0 saturated carbocycles. The van der Waals surface area contributed by atoms with Crippen LogP contribution < -0.4 is 5.32 Å². The fourth-order valence-corrected chi connectivity index (χ4v) is 2.44. The van der Waals surface area contributed by atoms with Crippen LogP contribution in [0.3, 0.4) is 0 Å². The van der Waals surface area contributed by atoms with E-state index >= 15 is 0 Å². The van der Waals surface area contributed by atoms with Crippen molar-refractivity contribution in [3.63, 3.8) is 0 Å². The van der Waals surface area contributed by atoms with Crippen molar-refractivity contribution in [1.29, 1.82) is 0 Å². The Kier molecular flexibility index (Phi) is 5.14. The molecule has 0 aliphatic heterocycles. The maximum atomic E-state index is 13.6. The highest BCUT2D eigenvalue weighted by atomic mass is 32.2. The van der Waals surface area contributed by atoms with Crippen LogP contribution in [0.2, 0.25) is 0 Å². The van der Waals surface area contributed by atoms with Gasteiger partial charge in [-0.1, -0.05) is 0 Å². The molecule has 9 heteroatoms. The first kappa shape index (κ1) is 16.0. The van der Waals surface area contributed by atoms with E-state index in [1.54, 1.807) is 6.92 Å². The van der Waals surface area contributed by atoms with Gasteiger partial charge in [-0.2, -0.15) is 0 Å². The first-order chi connectivity index (χ1) is 9.22. The van der Waals surface area contributed by atoms with Gasteiger partial charge in [-0.05, 0) is 6.92 Å². The summed E-state index contributed by atoms with van der Waals surface area (Å²) in [4.78, 5) is 20.9. The number of halogens is 1. The molecule has 2 unspecified atom stereocenters. The molecule has 1 rings (SSSR count). The molecule has 2 atom stereocenters. The minimum absolute atomic E-state index is 0.143. The van der Waals surface area contributed by atoms with Gasteiger partial charge in [-0.3, -0.25) is 14.3 Å². The Morgan fingerprint density at radius 3 is 2.65 bits per heavy atom. The SMILES string of the molecule is CC(CS(C)=O)Nc1cc(F)c(C(=O)O)cc1[N+](=O)[O-]. The highest BCUT2D eigenvalue weighted by Crippen LogP contribution is 2.28. The number of anilines is 1. The molecule has 20 heavy (non-hydrogen) atoms. The molecule has 0 spiro atoms. The molecule has 1 aromatic rings. The van der Waals surface area contributed by atoms with Crippen molar-refractivity contribution >= 4 is 28.1 Å². The summed E-state index contributed by atoms with van der Waals surface area (Å²) in [7, 11) is -1.12. The third kappa shape index (κ3) is 3.98. The van der Waals surface area contributed by atoms with Gasteiger partial charge in [-0.15, -0.1) is 0 Å². The first-order valence-corrected chi connectivity index (χ1v) is 7.23. The summed E-state index contributed by atoms with van der Waals surface area (Å²) < 4.78 is 24.6. The second kappa shape index (κ2) is 6.42. The number of aromatic carboxylic acids is 1. The van der Waals surface area contributed by atoms with Crippen molar-refractivity contribution in [1.82, 2.24) is 0 Å². The van der Waals surface area contributed by atoms with Crippen molar-refractivity contribution in [2.75, 3.05) is 17.3 Å². The van der Waals surface area contributed by atoms with E-state index < -0.39 is 44.8 Å². The van der Waals surface area contributed by atoms with E-state index in [4.69, 9.17) is 5.11 Å². The van der Waals surface area contributed by atoms with Crippen molar-refractivity contribution in [2.24, 2.45) is 0 Å². The van der Waals surface area contributed by atoms with Crippen LogP contribution in [0.4, 0.5) is 15.8 Å². The van der Waals surface area contributed by atoms with Gasteiger partial charge < -0.3 is 10.4 Å². The molecule has 110 valence electrons. The zero-order chi connectivity index (χ0) is 15.4. The van der Waals surface area contributed by atoms with Gasteiger partial charge in [0.25, 0.3) is 5.69 Å². The van der Waals surface area contributed by atoms with Crippen molar-refractivity contribution in [2.45, 2.75) is 13.0 Å². The average Bonchev–Trinajstić information content (AvgIpc) is 2.26. The van der Waals surface area contributed by atoms with Crippen LogP contribution in [0.1, 0.15) is 17.3 Å². The standard InChI is InChI=1S/C11H13FN2O5S/c1-6(5-20(2)19)13-9-4-8(12)7(11(15)16)3-10(9)14(17)18/h3-4,6,13H,5H2,1-2H3,(H,15,16). The number of hydrogen-bond donors (Lipinski definition) is 2. The molecule has 0 amide bonds. The summed E-state index contributed by atoms with van der Waals surface area (Å²) >= 11 is 0. The van der Waals surface area contributed by atoms with E-state index in [0.717, 1.165) is 6.07 Å². The van der Waals surface area contributed by atoms with Gasteiger partial charge in [-0.25, -0.2) is 9.18 Å². The Bertz CT molecular complexity index is 578. The summed E-state index contributed by atoms with van der Waals surface area (Å²) in [6.45, 7) is 1.63. The Morgan fingerprint density at radius 2 is 2.20 bits per heavy atom. The van der Waals surface area contributed by atoms with E-state index in [9.17, 15) is 23.5 Å². The minimum Gasteiger partial charge on any atom is -0.478 e. The average molecular weight is 304 g/mol. The summed E-state index contributed by atoms with van der Waals surface area (Å²) in [5.41, 5.74) is -1.46. The number of rotatable bonds is 6. The number of carboxylic acid groups (broad SMARTS) is 1. The molecule has 1 aromatic carbocycles. The van der Waals surface area contributed by atoms with E-state index in [1.807, 2.05) is 0 Å². The molecule has 0 saturated heterocycles. The largest absolute Gasteiger partial charge is 0.478 e. The van der Waals surface area contributed by atoms with Crippen molar-refractivity contribution < 1.29 is 23.4 Å². The van der Waals surface area contributed by atoms with E-state index in [2.05, 4.69) is 5.32 Å². The third-order valence-corrected chi connectivity index (χ3v) is 3.37. The maximum absolute atomic E-state index is 13.6. The lowest BCUT2D eigenvalue weighted by Gasteiger charge is -2.14. The molecule has 0 aliphatic carbocycles. The zero-order valence-electron chi connectivity index (χ0n) is 10.8. The molecule has 0 aromatic heterocycles. The fourth-order valence-electron chi connectivity index (χ4n) is 1.65. The fraction of sp³-hybridized carbons (Fsp3) is 0.364. The lowest BCUT2D eigenvalue weighted by molar-refractivity contribution is -0.384. The highest BCUT2D eigenvalue weighted by molar-refractivity contribution is 7.84. The van der Waals surface area contributed by atoms with Gasteiger partial charge in [0.2, 0.25) is 0 Å². The van der Waals surface area contributed by atoms with Crippen LogP contribution in [-0.2, 0) is 10.8 Å². The number of nitrogens with one attached hydrogen (secondary N) is 1. The zero-order valence-corrected chi connectivity index (χ0v) is 11.6. The van der Waals surface area contributed by atoms with Crippen molar-refractivity contribution in [3.05, 3.63) is 33.6 Å². The summed E-state index contributed by atoms with van der Waals surface area (Å²) in [5, 5.41) is 22.3. The molecule has 2 N–H and O–H groups in total. The van der Waals surface area contributed by atoms with Crippen LogP contribution >= 0.6 is 0 Å². The molecule has 0 bridgehead atoms. The Balaban J connectivity index is 3.18. The van der Waals surface area contributed by atoms with E-state index in [1.165, 1.54) is 6.26 Å². The summed E-state index contributed by atoms with van der Waals surface area (Å²) in [6, 6.07) is 1.03. The molecule has 0 heterocycles. The molecular weight excluding hydrogens is 291 g/mol.